The van der Waals surface area contributed by atoms with Gasteiger partial charge in [-0.15, -0.1) is 0 Å². The third-order valence-electron chi connectivity index (χ3n) is 9.33. The molecule has 0 radical (unpaired) electrons. The van der Waals surface area contributed by atoms with Gasteiger partial charge >= 0.3 is 6.03 Å². The van der Waals surface area contributed by atoms with E-state index in [0.29, 0.717) is 48.3 Å². The largest absolute Gasteiger partial charge is 0.352 e. The summed E-state index contributed by atoms with van der Waals surface area (Å²) in [5.74, 6) is -1.50. The fourth-order valence-corrected chi connectivity index (χ4v) is 6.78. The van der Waals surface area contributed by atoms with Crippen molar-refractivity contribution in [2.75, 3.05) is 31.5 Å². The fourth-order valence-electron chi connectivity index (χ4n) is 6.78. The number of fused-ring (bicyclic) bond motifs is 1. The number of β-lactam (4-membered cyclic amide) rings is 1. The van der Waals surface area contributed by atoms with Crippen molar-refractivity contribution in [3.05, 3.63) is 59.2 Å². The summed E-state index contributed by atoms with van der Waals surface area (Å²) >= 11 is 0. The first-order valence-electron chi connectivity index (χ1n) is 15.9. The van der Waals surface area contributed by atoms with Crippen LogP contribution in [0.25, 0.3) is 0 Å². The number of aryl methyl sites for hydroxylation is 1. The summed E-state index contributed by atoms with van der Waals surface area (Å²) in [4.78, 5) is 65.8. The second kappa shape index (κ2) is 13.4. The lowest BCUT2D eigenvalue weighted by Crippen LogP contribution is -2.84. The lowest BCUT2D eigenvalue weighted by molar-refractivity contribution is -0.155. The Hall–Kier alpha value is -4.65. The smallest absolute Gasteiger partial charge is 0.315 e. The van der Waals surface area contributed by atoms with E-state index in [1.165, 1.54) is 6.92 Å². The number of hydrogen-bond acceptors (Lipinski definition) is 8. The molecule has 2 aromatic carbocycles. The highest BCUT2D eigenvalue weighted by atomic mass is 16.2. The minimum Gasteiger partial charge on any atom is -0.352 e. The predicted molar refractivity (Wildman–Crippen MR) is 172 cm³/mol. The Balaban J connectivity index is 1.23. The number of Topliss-reactive ketones (excluding diaryl/α,β-unsaturated/α-hetero) is 1. The molecule has 244 valence electrons. The van der Waals surface area contributed by atoms with Crippen LogP contribution in [-0.4, -0.2) is 83.8 Å². The van der Waals surface area contributed by atoms with E-state index in [2.05, 4.69) is 55.6 Å². The van der Waals surface area contributed by atoms with Crippen molar-refractivity contribution in [1.82, 2.24) is 26.2 Å². The number of carbonyl (C=O) groups excluding carboxylic acids is 5. The molecule has 1 aliphatic carbocycles. The highest BCUT2D eigenvalue weighted by Crippen LogP contribution is 2.47. The van der Waals surface area contributed by atoms with Crippen LogP contribution < -0.4 is 26.6 Å². The lowest BCUT2D eigenvalue weighted by atomic mass is 9.58. The molecule has 2 saturated heterocycles. The van der Waals surface area contributed by atoms with Crippen molar-refractivity contribution in [2.45, 2.75) is 76.5 Å². The molecule has 46 heavy (non-hydrogen) atoms. The summed E-state index contributed by atoms with van der Waals surface area (Å²) < 4.78 is 0. The van der Waals surface area contributed by atoms with Gasteiger partial charge in [-0.25, -0.2) is 4.79 Å². The number of hydrogen-bond donors (Lipinski definition) is 5. The Bertz CT molecular complexity index is 1550. The van der Waals surface area contributed by atoms with Crippen molar-refractivity contribution in [2.24, 2.45) is 10.2 Å². The average Bonchev–Trinajstić information content (AvgIpc) is 3.40. The number of rotatable bonds is 12. The summed E-state index contributed by atoms with van der Waals surface area (Å²) in [6, 6.07) is 11.0. The molecule has 2 aromatic rings. The molecule has 0 aromatic heterocycles. The van der Waals surface area contributed by atoms with Gasteiger partial charge in [0.05, 0.1) is 23.3 Å². The van der Waals surface area contributed by atoms with E-state index in [9.17, 15) is 24.0 Å². The van der Waals surface area contributed by atoms with E-state index in [1.54, 1.807) is 42.5 Å². The van der Waals surface area contributed by atoms with Crippen molar-refractivity contribution >= 4 is 40.9 Å². The zero-order chi connectivity index (χ0) is 33.1. The Labute approximate surface area is 268 Å². The van der Waals surface area contributed by atoms with Gasteiger partial charge in [-0.1, -0.05) is 13.8 Å². The number of amides is 5. The van der Waals surface area contributed by atoms with E-state index in [4.69, 9.17) is 0 Å². The third kappa shape index (κ3) is 6.37. The average molecular weight is 631 g/mol. The zero-order valence-electron chi connectivity index (χ0n) is 26.7. The number of ketones is 1. The number of azo groups is 1. The van der Waals surface area contributed by atoms with E-state index in [0.717, 1.165) is 31.6 Å². The minimum atomic E-state index is -1.69. The second-order valence-corrected chi connectivity index (χ2v) is 12.3. The molecule has 5 N–H and O–H groups in total. The molecule has 3 fully saturated rings. The first kappa shape index (κ1) is 32.7. The molecule has 5 rings (SSSR count). The molecule has 13 heteroatoms. The molecule has 4 unspecified atom stereocenters. The van der Waals surface area contributed by atoms with Crippen molar-refractivity contribution in [3.8, 4) is 0 Å². The summed E-state index contributed by atoms with van der Waals surface area (Å²) in [5, 5.41) is 23.0. The SMILES string of the molecule is CCN(CC)CCCNC(=O)c1cc(C)cc(NC(=O)c2ccc(N=NC3(C(C)=O)C(=O)NC34CCC3NC(=O)NC3C4)cc2)c1. The van der Waals surface area contributed by atoms with Crippen LogP contribution in [0.3, 0.4) is 0 Å². The van der Waals surface area contributed by atoms with Gasteiger partial charge in [-0.2, -0.15) is 10.2 Å². The van der Waals surface area contributed by atoms with Gasteiger partial charge in [0.2, 0.25) is 5.54 Å². The summed E-state index contributed by atoms with van der Waals surface area (Å²) in [6.07, 6.45) is 2.26. The maximum Gasteiger partial charge on any atom is 0.315 e. The van der Waals surface area contributed by atoms with E-state index >= 15 is 0 Å². The Morgan fingerprint density at radius 2 is 1.70 bits per heavy atom. The number of anilines is 1. The summed E-state index contributed by atoms with van der Waals surface area (Å²) in [6.45, 7) is 10.8. The fraction of sp³-hybridized carbons (Fsp3) is 0.485. The lowest BCUT2D eigenvalue weighted by Gasteiger charge is -2.57. The van der Waals surface area contributed by atoms with Gasteiger partial charge in [0.1, 0.15) is 0 Å². The Morgan fingerprint density at radius 3 is 2.37 bits per heavy atom. The van der Waals surface area contributed by atoms with Crippen LogP contribution in [0.1, 0.15) is 72.7 Å². The molecular formula is C33H42N8O5. The second-order valence-electron chi connectivity index (χ2n) is 12.3. The number of carbonyl (C=O) groups is 5. The van der Waals surface area contributed by atoms with Gasteiger partial charge in [0.25, 0.3) is 17.7 Å². The maximum atomic E-state index is 13.1. The topological polar surface area (TPSA) is 173 Å². The Kier molecular flexibility index (Phi) is 9.52. The first-order chi connectivity index (χ1) is 22.0. The van der Waals surface area contributed by atoms with Crippen molar-refractivity contribution in [3.63, 3.8) is 0 Å². The van der Waals surface area contributed by atoms with Gasteiger partial charge in [-0.05, 0) is 107 Å². The number of urea groups is 1. The quantitative estimate of drug-likeness (QED) is 0.104. The molecule has 0 bridgehead atoms. The van der Waals surface area contributed by atoms with Crippen LogP contribution in [-0.2, 0) is 9.59 Å². The molecule has 2 heterocycles. The van der Waals surface area contributed by atoms with Crippen LogP contribution in [0.15, 0.2) is 52.7 Å². The number of nitrogens with one attached hydrogen (secondary N) is 5. The van der Waals surface area contributed by atoms with Crippen LogP contribution in [0.4, 0.5) is 16.2 Å². The monoisotopic (exact) mass is 630 g/mol. The molecule has 1 saturated carbocycles. The van der Waals surface area contributed by atoms with Gasteiger partial charge in [0.15, 0.2) is 5.78 Å². The highest BCUT2D eigenvalue weighted by molar-refractivity contribution is 6.17. The predicted octanol–water partition coefficient (Wildman–Crippen LogP) is 3.22. The molecule has 1 spiro atoms. The molecule has 5 amide bonds. The van der Waals surface area contributed by atoms with Crippen LogP contribution >= 0.6 is 0 Å². The number of nitrogens with zero attached hydrogens (tertiary/aromatic N) is 3. The molecular weight excluding hydrogens is 588 g/mol. The van der Waals surface area contributed by atoms with Crippen LogP contribution in [0.2, 0.25) is 0 Å². The van der Waals surface area contributed by atoms with Gasteiger partial charge in [0, 0.05) is 23.4 Å². The van der Waals surface area contributed by atoms with Crippen molar-refractivity contribution in [1.29, 1.82) is 0 Å². The molecule has 3 aliphatic rings. The molecule has 2 aliphatic heterocycles. The number of benzene rings is 2. The first-order valence-corrected chi connectivity index (χ1v) is 15.9. The van der Waals surface area contributed by atoms with E-state index < -0.39 is 22.8 Å². The van der Waals surface area contributed by atoms with Crippen molar-refractivity contribution < 1.29 is 24.0 Å². The normalized spacial score (nSPS) is 25.0. The zero-order valence-corrected chi connectivity index (χ0v) is 26.7. The minimum absolute atomic E-state index is 0.0629. The van der Waals surface area contributed by atoms with Gasteiger partial charge < -0.3 is 31.5 Å². The Morgan fingerprint density at radius 1 is 0.978 bits per heavy atom. The summed E-state index contributed by atoms with van der Waals surface area (Å²) in [5.41, 5.74) is -0.117. The van der Waals surface area contributed by atoms with Gasteiger partial charge in [-0.3, -0.25) is 19.2 Å². The van der Waals surface area contributed by atoms with E-state index in [1.807, 2.05) is 6.92 Å². The van der Waals surface area contributed by atoms with Crippen LogP contribution in [0.5, 0.6) is 0 Å². The molecule has 13 nitrogen and oxygen atoms in total. The van der Waals surface area contributed by atoms with E-state index in [-0.39, 0.29) is 29.9 Å². The van der Waals surface area contributed by atoms with Crippen LogP contribution in [0, 0.1) is 6.92 Å². The third-order valence-corrected chi connectivity index (χ3v) is 9.33. The summed E-state index contributed by atoms with van der Waals surface area (Å²) in [7, 11) is 0. The highest BCUT2D eigenvalue weighted by Gasteiger charge is 2.72. The maximum absolute atomic E-state index is 13.1. The standard InChI is InChI=1S/C33H42N8O5/c1-5-41(6-2)15-7-14-34-28(43)23-16-20(3)17-25(18-23)35-29(44)22-8-10-24(11-9-22)39-40-33(21(4)42)30(45)38-32(33)13-12-26-27(19-32)37-31(46)36-26/h8-11,16-18,26-27H,5-7,12-15,19H2,1-4H3,(H,34,43)(H,35,44)(H,38,45)(H2,36,37,46). The molecule has 4 atom stereocenters.